The molecular formula is C14H16Br2N4O. The van der Waals surface area contributed by atoms with Crippen LogP contribution in [0.4, 0.5) is 0 Å². The van der Waals surface area contributed by atoms with Gasteiger partial charge in [0.15, 0.2) is 0 Å². The van der Waals surface area contributed by atoms with Crippen LogP contribution in [0.5, 0.6) is 0 Å². The average molecular weight is 416 g/mol. The molecule has 21 heavy (non-hydrogen) atoms. The summed E-state index contributed by atoms with van der Waals surface area (Å²) in [5, 5.41) is 7.55. The van der Waals surface area contributed by atoms with Crippen LogP contribution in [-0.4, -0.2) is 27.7 Å². The Morgan fingerprint density at radius 2 is 2.24 bits per heavy atom. The Labute approximate surface area is 140 Å². The summed E-state index contributed by atoms with van der Waals surface area (Å²) in [6.07, 6.45) is 5.08. The van der Waals surface area contributed by atoms with E-state index in [0.717, 1.165) is 27.8 Å². The molecule has 2 aromatic heterocycles. The van der Waals surface area contributed by atoms with Crippen molar-refractivity contribution in [3.8, 4) is 11.5 Å². The summed E-state index contributed by atoms with van der Waals surface area (Å²) in [6, 6.07) is 2.36. The molecule has 1 aliphatic rings. The van der Waals surface area contributed by atoms with Crippen molar-refractivity contribution in [3.63, 3.8) is 0 Å². The van der Waals surface area contributed by atoms with Crippen LogP contribution < -0.4 is 5.32 Å². The molecule has 1 fully saturated rings. The quantitative estimate of drug-likeness (QED) is 0.780. The van der Waals surface area contributed by atoms with Gasteiger partial charge in [-0.3, -0.25) is 4.98 Å². The summed E-state index contributed by atoms with van der Waals surface area (Å²) < 4.78 is 7.13. The lowest BCUT2D eigenvalue weighted by Gasteiger charge is -2.14. The topological polar surface area (TPSA) is 63.8 Å². The molecule has 0 radical (unpaired) electrons. The lowest BCUT2D eigenvalue weighted by atomic mass is 10.1. The molecule has 1 atom stereocenters. The van der Waals surface area contributed by atoms with Gasteiger partial charge in [-0.1, -0.05) is 12.1 Å². The Bertz CT molecular complexity index is 627. The van der Waals surface area contributed by atoms with E-state index in [1.54, 1.807) is 6.20 Å². The molecule has 1 unspecified atom stereocenters. The molecule has 2 aromatic rings. The van der Waals surface area contributed by atoms with E-state index < -0.39 is 0 Å². The maximum Gasteiger partial charge on any atom is 0.228 e. The fourth-order valence-corrected chi connectivity index (χ4v) is 3.53. The van der Waals surface area contributed by atoms with Gasteiger partial charge in [0.1, 0.15) is 5.69 Å². The van der Waals surface area contributed by atoms with Crippen molar-refractivity contribution in [2.24, 2.45) is 5.92 Å². The Morgan fingerprint density at radius 1 is 1.43 bits per heavy atom. The van der Waals surface area contributed by atoms with Gasteiger partial charge < -0.3 is 9.84 Å². The van der Waals surface area contributed by atoms with E-state index in [1.165, 1.54) is 12.8 Å². The fraction of sp³-hybridized carbons (Fsp3) is 0.500. The van der Waals surface area contributed by atoms with E-state index in [1.807, 2.05) is 6.07 Å². The predicted octanol–water partition coefficient (Wildman–Crippen LogP) is 3.59. The van der Waals surface area contributed by atoms with E-state index in [9.17, 15) is 0 Å². The molecular weight excluding hydrogens is 400 g/mol. The summed E-state index contributed by atoms with van der Waals surface area (Å²) in [4.78, 5) is 8.81. The first-order valence-electron chi connectivity index (χ1n) is 7.04. The van der Waals surface area contributed by atoms with Crippen LogP contribution in [0, 0.1) is 5.92 Å². The van der Waals surface area contributed by atoms with E-state index in [-0.39, 0.29) is 0 Å². The molecule has 1 N–H and O–H groups in total. The third kappa shape index (κ3) is 3.70. The molecule has 2 heterocycles. The zero-order valence-electron chi connectivity index (χ0n) is 11.6. The molecule has 1 aliphatic carbocycles. The van der Waals surface area contributed by atoms with Crippen molar-refractivity contribution in [3.05, 3.63) is 27.1 Å². The van der Waals surface area contributed by atoms with Crippen molar-refractivity contribution in [1.82, 2.24) is 20.4 Å². The molecule has 7 heteroatoms. The minimum Gasteiger partial charge on any atom is -0.339 e. The summed E-state index contributed by atoms with van der Waals surface area (Å²) in [5.74, 6) is 1.94. The highest BCUT2D eigenvalue weighted by Gasteiger charge is 2.32. The highest BCUT2D eigenvalue weighted by atomic mass is 79.9. The fourth-order valence-electron chi connectivity index (χ4n) is 2.37. The zero-order valence-corrected chi connectivity index (χ0v) is 14.8. The van der Waals surface area contributed by atoms with Gasteiger partial charge in [-0.25, -0.2) is 0 Å². The number of halogens is 2. The number of rotatable bonds is 6. The number of likely N-dealkylation sites (N-methyl/N-ethyl adjacent to an activating group) is 1. The predicted molar refractivity (Wildman–Crippen MR) is 86.8 cm³/mol. The van der Waals surface area contributed by atoms with Crippen LogP contribution in [0.15, 0.2) is 25.7 Å². The normalized spacial score (nSPS) is 16.1. The Balaban J connectivity index is 1.76. The van der Waals surface area contributed by atoms with Crippen LogP contribution in [0.3, 0.4) is 0 Å². The van der Waals surface area contributed by atoms with Gasteiger partial charge in [-0.05, 0) is 63.2 Å². The third-order valence-corrected chi connectivity index (χ3v) is 4.58. The van der Waals surface area contributed by atoms with Crippen LogP contribution >= 0.6 is 31.9 Å². The van der Waals surface area contributed by atoms with Gasteiger partial charge in [-0.2, -0.15) is 4.98 Å². The molecule has 5 nitrogen and oxygen atoms in total. The van der Waals surface area contributed by atoms with Crippen LogP contribution in [0.2, 0.25) is 0 Å². The number of aromatic nitrogens is 3. The van der Waals surface area contributed by atoms with Gasteiger partial charge in [0, 0.05) is 27.6 Å². The van der Waals surface area contributed by atoms with E-state index in [0.29, 0.717) is 23.5 Å². The zero-order chi connectivity index (χ0) is 14.8. The number of nitrogens with zero attached hydrogens (tertiary/aromatic N) is 3. The molecule has 3 rings (SSSR count). The minimum absolute atomic E-state index is 0.435. The van der Waals surface area contributed by atoms with E-state index in [2.05, 4.69) is 59.2 Å². The van der Waals surface area contributed by atoms with Crippen LogP contribution in [0.1, 0.15) is 25.7 Å². The second-order valence-corrected chi connectivity index (χ2v) is 6.97. The lowest BCUT2D eigenvalue weighted by Crippen LogP contribution is -2.33. The summed E-state index contributed by atoms with van der Waals surface area (Å²) in [5.41, 5.74) is 0.694. The second kappa shape index (κ2) is 6.54. The molecule has 0 amide bonds. The van der Waals surface area contributed by atoms with Crippen molar-refractivity contribution in [2.75, 3.05) is 6.54 Å². The van der Waals surface area contributed by atoms with Gasteiger partial charge in [0.05, 0.1) is 0 Å². The highest BCUT2D eigenvalue weighted by Crippen LogP contribution is 2.34. The van der Waals surface area contributed by atoms with Gasteiger partial charge in [0.25, 0.3) is 0 Å². The first-order valence-corrected chi connectivity index (χ1v) is 8.63. The Hall–Kier alpha value is -0.790. The maximum atomic E-state index is 5.39. The molecule has 1 saturated carbocycles. The van der Waals surface area contributed by atoms with Crippen molar-refractivity contribution >= 4 is 31.9 Å². The molecule has 112 valence electrons. The Morgan fingerprint density at radius 3 is 2.90 bits per heavy atom. The molecule has 0 aromatic carbocycles. The van der Waals surface area contributed by atoms with Gasteiger partial charge >= 0.3 is 0 Å². The van der Waals surface area contributed by atoms with Gasteiger partial charge in [0.2, 0.25) is 11.7 Å². The second-order valence-electron chi connectivity index (χ2n) is 5.20. The van der Waals surface area contributed by atoms with Crippen molar-refractivity contribution < 1.29 is 4.52 Å². The SMILES string of the molecule is CCNC(Cc1nc(-c2ncc(Br)cc2Br)no1)C1CC1. The first kappa shape index (κ1) is 15.1. The lowest BCUT2D eigenvalue weighted by molar-refractivity contribution is 0.348. The number of nitrogens with one attached hydrogen (secondary N) is 1. The summed E-state index contributed by atoms with van der Waals surface area (Å²) in [7, 11) is 0. The standard InChI is InChI=1S/C14H16Br2N4O/c1-2-17-11(8-3-4-8)6-12-19-14(20-21-12)13-10(16)5-9(15)7-18-13/h5,7-8,11,17H,2-4,6H2,1H3. The summed E-state index contributed by atoms with van der Waals surface area (Å²) in [6.45, 7) is 3.08. The van der Waals surface area contributed by atoms with Crippen LogP contribution in [0.25, 0.3) is 11.5 Å². The minimum atomic E-state index is 0.435. The average Bonchev–Trinajstić information content (AvgIpc) is 3.19. The largest absolute Gasteiger partial charge is 0.339 e. The smallest absolute Gasteiger partial charge is 0.228 e. The highest BCUT2D eigenvalue weighted by molar-refractivity contribution is 9.11. The molecule has 0 spiro atoms. The number of hydrogen-bond donors (Lipinski definition) is 1. The number of pyridine rings is 1. The molecule has 0 bridgehead atoms. The maximum absolute atomic E-state index is 5.39. The van der Waals surface area contributed by atoms with E-state index >= 15 is 0 Å². The van der Waals surface area contributed by atoms with Crippen molar-refractivity contribution in [1.29, 1.82) is 0 Å². The molecule has 0 aliphatic heterocycles. The Kier molecular flexibility index (Phi) is 4.71. The first-order chi connectivity index (χ1) is 10.2. The third-order valence-electron chi connectivity index (χ3n) is 3.54. The monoisotopic (exact) mass is 414 g/mol. The van der Waals surface area contributed by atoms with Crippen molar-refractivity contribution in [2.45, 2.75) is 32.2 Å². The van der Waals surface area contributed by atoms with E-state index in [4.69, 9.17) is 4.52 Å². The summed E-state index contributed by atoms with van der Waals surface area (Å²) >= 11 is 6.86. The number of hydrogen-bond acceptors (Lipinski definition) is 5. The molecule has 0 saturated heterocycles. The van der Waals surface area contributed by atoms with Crippen LogP contribution in [-0.2, 0) is 6.42 Å². The van der Waals surface area contributed by atoms with Gasteiger partial charge in [-0.15, -0.1) is 0 Å².